The summed E-state index contributed by atoms with van der Waals surface area (Å²) in [5.74, 6) is -0.908. The standard InChI is InChI=1S/C39H37N3O5S/c43-36(44)26-47-35-20-14-30(15-21-35)25-41-38(46)33(23-29-12-5-2-6-13-29)24-34-27-48-39(42-34)32-18-16-31(17-19-32)37(45)40-22-8-7-11-28-9-3-1-4-10-28/h1-6,9-10,12-21,23,27H,7-8,11,22,24-26H2,(H,40,45)(H,41,46)(H,43,44)/b33-23+. The van der Waals surface area contributed by atoms with Crippen LogP contribution in [0.4, 0.5) is 0 Å². The van der Waals surface area contributed by atoms with Gasteiger partial charge in [-0.05, 0) is 66.3 Å². The number of nitrogens with zero attached hydrogens (tertiary/aromatic N) is 1. The lowest BCUT2D eigenvalue weighted by Crippen LogP contribution is -2.25. The molecule has 2 amide bonds. The van der Waals surface area contributed by atoms with E-state index >= 15 is 0 Å². The van der Waals surface area contributed by atoms with Gasteiger partial charge in [0.15, 0.2) is 6.61 Å². The van der Waals surface area contributed by atoms with Gasteiger partial charge in [0.2, 0.25) is 5.91 Å². The summed E-state index contributed by atoms with van der Waals surface area (Å²) in [6.07, 6.45) is 5.13. The van der Waals surface area contributed by atoms with E-state index in [1.807, 2.05) is 84.3 Å². The van der Waals surface area contributed by atoms with E-state index in [4.69, 9.17) is 14.8 Å². The van der Waals surface area contributed by atoms with E-state index in [0.717, 1.165) is 46.7 Å². The van der Waals surface area contributed by atoms with Gasteiger partial charge in [0.05, 0.1) is 5.69 Å². The number of aryl methyl sites for hydroxylation is 1. The minimum absolute atomic E-state index is 0.0924. The molecule has 0 aliphatic rings. The molecule has 4 aromatic carbocycles. The zero-order valence-corrected chi connectivity index (χ0v) is 27.2. The number of aliphatic carboxylic acids is 1. The highest BCUT2D eigenvalue weighted by Gasteiger charge is 2.15. The fraction of sp³-hybridized carbons (Fsp3) is 0.179. The average Bonchev–Trinajstić information content (AvgIpc) is 3.59. The normalized spacial score (nSPS) is 11.1. The number of carbonyl (C=O) groups is 3. The molecule has 0 aliphatic carbocycles. The lowest BCUT2D eigenvalue weighted by molar-refractivity contribution is -0.139. The van der Waals surface area contributed by atoms with Gasteiger partial charge in [-0.1, -0.05) is 84.9 Å². The highest BCUT2D eigenvalue weighted by molar-refractivity contribution is 7.13. The Labute approximate surface area is 284 Å². The molecule has 0 aliphatic heterocycles. The maximum atomic E-state index is 13.4. The number of aromatic nitrogens is 1. The van der Waals surface area contributed by atoms with E-state index < -0.39 is 12.6 Å². The van der Waals surface area contributed by atoms with Crippen molar-refractivity contribution in [2.24, 2.45) is 0 Å². The highest BCUT2D eigenvalue weighted by Crippen LogP contribution is 2.26. The van der Waals surface area contributed by atoms with Crippen LogP contribution in [0.1, 0.15) is 45.6 Å². The number of carboxylic acid groups (broad SMARTS) is 1. The van der Waals surface area contributed by atoms with Crippen molar-refractivity contribution in [3.8, 4) is 16.3 Å². The molecule has 0 saturated heterocycles. The first-order chi connectivity index (χ1) is 23.4. The van der Waals surface area contributed by atoms with Gasteiger partial charge >= 0.3 is 5.97 Å². The van der Waals surface area contributed by atoms with Gasteiger partial charge in [-0.2, -0.15) is 0 Å². The van der Waals surface area contributed by atoms with Gasteiger partial charge in [-0.25, -0.2) is 9.78 Å². The van der Waals surface area contributed by atoms with Crippen LogP contribution < -0.4 is 15.4 Å². The number of hydrogen-bond donors (Lipinski definition) is 3. The third-order valence-electron chi connectivity index (χ3n) is 7.51. The van der Waals surface area contributed by atoms with Crippen LogP contribution in [0.2, 0.25) is 0 Å². The first kappa shape index (κ1) is 33.8. The topological polar surface area (TPSA) is 118 Å². The molecular formula is C39H37N3O5S. The third-order valence-corrected chi connectivity index (χ3v) is 8.45. The summed E-state index contributed by atoms with van der Waals surface area (Å²) in [5, 5.41) is 17.6. The number of amides is 2. The van der Waals surface area contributed by atoms with Gasteiger partial charge < -0.3 is 20.5 Å². The molecular weight excluding hydrogens is 623 g/mol. The second-order valence-electron chi connectivity index (χ2n) is 11.2. The molecule has 0 fully saturated rings. The summed E-state index contributed by atoms with van der Waals surface area (Å²) in [7, 11) is 0. The highest BCUT2D eigenvalue weighted by atomic mass is 32.1. The van der Waals surface area contributed by atoms with E-state index in [9.17, 15) is 14.4 Å². The Morgan fingerprint density at radius 2 is 1.50 bits per heavy atom. The van der Waals surface area contributed by atoms with Gasteiger partial charge in [0, 0.05) is 41.6 Å². The molecule has 0 spiro atoms. The van der Waals surface area contributed by atoms with E-state index in [2.05, 4.69) is 22.8 Å². The molecule has 9 heteroatoms. The summed E-state index contributed by atoms with van der Waals surface area (Å²) in [6, 6.07) is 34.4. The zero-order valence-electron chi connectivity index (χ0n) is 26.4. The Morgan fingerprint density at radius 3 is 2.21 bits per heavy atom. The van der Waals surface area contributed by atoms with Crippen molar-refractivity contribution >= 4 is 35.2 Å². The molecule has 0 unspecified atom stereocenters. The molecule has 0 bridgehead atoms. The minimum Gasteiger partial charge on any atom is -0.482 e. The first-order valence-corrected chi connectivity index (χ1v) is 16.7. The molecule has 5 rings (SSSR count). The number of unbranched alkanes of at least 4 members (excludes halogenated alkanes) is 1. The summed E-state index contributed by atoms with van der Waals surface area (Å²) < 4.78 is 5.18. The predicted octanol–water partition coefficient (Wildman–Crippen LogP) is 6.97. The van der Waals surface area contributed by atoms with Crippen molar-refractivity contribution in [3.05, 3.63) is 148 Å². The molecule has 8 nitrogen and oxygen atoms in total. The molecule has 244 valence electrons. The number of benzene rings is 4. The van der Waals surface area contributed by atoms with Crippen LogP contribution in [0, 0.1) is 0 Å². The Balaban J connectivity index is 1.16. The van der Waals surface area contributed by atoms with Crippen LogP contribution in [-0.4, -0.2) is 41.0 Å². The summed E-state index contributed by atoms with van der Waals surface area (Å²) in [4.78, 5) is 41.6. The zero-order chi connectivity index (χ0) is 33.6. The second-order valence-corrected chi connectivity index (χ2v) is 12.0. The Hall–Kier alpha value is -5.54. The molecule has 1 aromatic heterocycles. The number of hydrogen-bond acceptors (Lipinski definition) is 6. The smallest absolute Gasteiger partial charge is 0.341 e. The van der Waals surface area contributed by atoms with Crippen molar-refractivity contribution in [3.63, 3.8) is 0 Å². The SMILES string of the molecule is O=C(O)COc1ccc(CNC(=O)/C(=C/c2ccccc2)Cc2csc(-c3ccc(C(=O)NCCCCc4ccccc4)cc3)n2)cc1. The molecule has 5 aromatic rings. The molecule has 0 atom stereocenters. The molecule has 3 N–H and O–H groups in total. The second kappa shape index (κ2) is 17.4. The third kappa shape index (κ3) is 10.5. The number of thiazole rings is 1. The van der Waals surface area contributed by atoms with Crippen molar-refractivity contribution < 1.29 is 24.2 Å². The number of nitrogens with one attached hydrogen (secondary N) is 2. The average molecular weight is 660 g/mol. The monoisotopic (exact) mass is 659 g/mol. The van der Waals surface area contributed by atoms with E-state index in [0.29, 0.717) is 36.4 Å². The number of rotatable bonds is 16. The Kier molecular flexibility index (Phi) is 12.3. The number of carboxylic acids is 1. The van der Waals surface area contributed by atoms with E-state index in [1.54, 1.807) is 24.3 Å². The van der Waals surface area contributed by atoms with Crippen LogP contribution in [0.15, 0.2) is 120 Å². The van der Waals surface area contributed by atoms with Crippen molar-refractivity contribution in [2.45, 2.75) is 32.2 Å². The summed E-state index contributed by atoms with van der Waals surface area (Å²) in [6.45, 7) is 0.506. The Morgan fingerprint density at radius 1 is 0.792 bits per heavy atom. The summed E-state index contributed by atoms with van der Waals surface area (Å²) >= 11 is 1.49. The molecule has 0 radical (unpaired) electrons. The van der Waals surface area contributed by atoms with Crippen LogP contribution >= 0.6 is 11.3 Å². The largest absolute Gasteiger partial charge is 0.482 e. The van der Waals surface area contributed by atoms with Crippen molar-refractivity contribution in [2.75, 3.05) is 13.2 Å². The first-order valence-electron chi connectivity index (χ1n) is 15.8. The van der Waals surface area contributed by atoms with Gasteiger partial charge in [-0.15, -0.1) is 11.3 Å². The predicted molar refractivity (Wildman–Crippen MR) is 189 cm³/mol. The minimum atomic E-state index is -1.05. The van der Waals surface area contributed by atoms with Crippen LogP contribution in [-0.2, 0) is 29.0 Å². The van der Waals surface area contributed by atoms with Gasteiger partial charge in [-0.3, -0.25) is 9.59 Å². The van der Waals surface area contributed by atoms with Crippen LogP contribution in [0.3, 0.4) is 0 Å². The van der Waals surface area contributed by atoms with Crippen molar-refractivity contribution in [1.82, 2.24) is 15.6 Å². The van der Waals surface area contributed by atoms with Gasteiger partial charge in [0.25, 0.3) is 5.91 Å². The maximum absolute atomic E-state index is 13.4. The fourth-order valence-electron chi connectivity index (χ4n) is 4.97. The fourth-order valence-corrected chi connectivity index (χ4v) is 5.80. The quantitative estimate of drug-likeness (QED) is 0.0778. The lowest BCUT2D eigenvalue weighted by atomic mass is 10.1. The van der Waals surface area contributed by atoms with Crippen molar-refractivity contribution in [1.29, 1.82) is 0 Å². The van der Waals surface area contributed by atoms with Crippen LogP contribution in [0.25, 0.3) is 16.6 Å². The summed E-state index contributed by atoms with van der Waals surface area (Å²) in [5.41, 5.74) is 5.90. The van der Waals surface area contributed by atoms with Gasteiger partial charge in [0.1, 0.15) is 10.8 Å². The molecule has 48 heavy (non-hydrogen) atoms. The maximum Gasteiger partial charge on any atom is 0.341 e. The van der Waals surface area contributed by atoms with Crippen LogP contribution in [0.5, 0.6) is 5.75 Å². The number of carbonyl (C=O) groups excluding carboxylic acids is 2. The number of ether oxygens (including phenoxy) is 1. The Bertz CT molecular complexity index is 1820. The molecule has 1 heterocycles. The van der Waals surface area contributed by atoms with E-state index in [1.165, 1.54) is 16.9 Å². The molecule has 0 saturated carbocycles. The lowest BCUT2D eigenvalue weighted by Gasteiger charge is -2.10. The van der Waals surface area contributed by atoms with E-state index in [-0.39, 0.29) is 11.8 Å².